The van der Waals surface area contributed by atoms with Crippen LogP contribution in [-0.4, -0.2) is 40.2 Å². The molecule has 1 fully saturated rings. The summed E-state index contributed by atoms with van der Waals surface area (Å²) < 4.78 is 5.21. The fourth-order valence-electron chi connectivity index (χ4n) is 3.33. The van der Waals surface area contributed by atoms with Crippen molar-refractivity contribution in [3.63, 3.8) is 0 Å². The first-order valence-corrected chi connectivity index (χ1v) is 8.40. The van der Waals surface area contributed by atoms with Crippen LogP contribution in [0.3, 0.4) is 0 Å². The molecule has 1 atom stereocenters. The number of rotatable bonds is 5. The van der Waals surface area contributed by atoms with E-state index in [0.717, 1.165) is 31.7 Å². The van der Waals surface area contributed by atoms with E-state index in [-0.39, 0.29) is 11.5 Å². The van der Waals surface area contributed by atoms with Crippen LogP contribution in [0.15, 0.2) is 52.4 Å². The van der Waals surface area contributed by atoms with Crippen LogP contribution < -0.4 is 5.32 Å². The standard InChI is InChI=1S/C18H20N4O3/c23-17(20-11-15-5-3-9-24-15)16-10-18(25-21-16)6-8-22(13-18)12-14-4-1-2-7-19-14/h1-5,7,9H,6,8,10-13H2,(H,20,23)/t18-/m1/s1. The van der Waals surface area contributed by atoms with Crippen LogP contribution in [0.2, 0.25) is 0 Å². The van der Waals surface area contributed by atoms with E-state index in [2.05, 4.69) is 20.4 Å². The van der Waals surface area contributed by atoms with Crippen molar-refractivity contribution in [1.29, 1.82) is 0 Å². The van der Waals surface area contributed by atoms with Crippen LogP contribution in [0.1, 0.15) is 24.3 Å². The van der Waals surface area contributed by atoms with E-state index >= 15 is 0 Å². The lowest BCUT2D eigenvalue weighted by Gasteiger charge is -2.21. The zero-order valence-electron chi connectivity index (χ0n) is 13.9. The molecule has 0 unspecified atom stereocenters. The summed E-state index contributed by atoms with van der Waals surface area (Å²) in [4.78, 5) is 24.6. The molecule has 1 spiro atoms. The van der Waals surface area contributed by atoms with Gasteiger partial charge in [0.2, 0.25) is 0 Å². The van der Waals surface area contributed by atoms with Crippen molar-refractivity contribution in [2.45, 2.75) is 31.5 Å². The van der Waals surface area contributed by atoms with Crippen molar-refractivity contribution in [1.82, 2.24) is 15.2 Å². The summed E-state index contributed by atoms with van der Waals surface area (Å²) in [7, 11) is 0. The van der Waals surface area contributed by atoms with Crippen molar-refractivity contribution in [3.8, 4) is 0 Å². The molecule has 1 N–H and O–H groups in total. The Morgan fingerprint density at radius 1 is 1.32 bits per heavy atom. The maximum absolute atomic E-state index is 12.3. The fourth-order valence-corrected chi connectivity index (χ4v) is 3.33. The van der Waals surface area contributed by atoms with Crippen molar-refractivity contribution in [2.75, 3.05) is 13.1 Å². The molecule has 0 bridgehead atoms. The number of likely N-dealkylation sites (tertiary alicyclic amines) is 1. The highest BCUT2D eigenvalue weighted by Crippen LogP contribution is 2.34. The minimum atomic E-state index is -0.383. The number of carbonyl (C=O) groups is 1. The summed E-state index contributed by atoms with van der Waals surface area (Å²) in [5.41, 5.74) is 1.10. The molecule has 4 rings (SSSR count). The van der Waals surface area contributed by atoms with Gasteiger partial charge in [0.15, 0.2) is 5.60 Å². The molecule has 1 amide bonds. The SMILES string of the molecule is O=C(NCc1ccco1)C1=NO[C@]2(CCN(Cc3ccccn3)C2)C1. The third-order valence-electron chi connectivity index (χ3n) is 4.61. The second kappa shape index (κ2) is 6.68. The molecule has 7 heteroatoms. The Labute approximate surface area is 145 Å². The number of carbonyl (C=O) groups excluding carboxylic acids is 1. The lowest BCUT2D eigenvalue weighted by molar-refractivity contribution is -0.115. The molecule has 130 valence electrons. The normalized spacial score (nSPS) is 22.8. The van der Waals surface area contributed by atoms with E-state index in [0.29, 0.717) is 24.4 Å². The molecule has 4 heterocycles. The van der Waals surface area contributed by atoms with Gasteiger partial charge in [0.25, 0.3) is 5.91 Å². The van der Waals surface area contributed by atoms with Gasteiger partial charge in [-0.25, -0.2) is 0 Å². The highest BCUT2D eigenvalue weighted by Gasteiger charge is 2.46. The number of aromatic nitrogens is 1. The topological polar surface area (TPSA) is 80.0 Å². The average Bonchev–Trinajstić information content (AvgIpc) is 3.37. The number of nitrogens with one attached hydrogen (secondary N) is 1. The Bertz CT molecular complexity index is 760. The van der Waals surface area contributed by atoms with E-state index in [9.17, 15) is 4.79 Å². The maximum atomic E-state index is 12.3. The Morgan fingerprint density at radius 3 is 3.08 bits per heavy atom. The van der Waals surface area contributed by atoms with Gasteiger partial charge in [-0.05, 0) is 24.3 Å². The van der Waals surface area contributed by atoms with Crippen molar-refractivity contribution in [3.05, 3.63) is 54.2 Å². The first-order chi connectivity index (χ1) is 12.2. The number of pyridine rings is 1. The van der Waals surface area contributed by atoms with Crippen molar-refractivity contribution >= 4 is 11.6 Å². The van der Waals surface area contributed by atoms with E-state index < -0.39 is 0 Å². The summed E-state index contributed by atoms with van der Waals surface area (Å²) in [5.74, 6) is 0.515. The number of hydrogen-bond donors (Lipinski definition) is 1. The smallest absolute Gasteiger partial charge is 0.269 e. The monoisotopic (exact) mass is 340 g/mol. The molecule has 1 saturated heterocycles. The molecular formula is C18H20N4O3. The zero-order chi connectivity index (χ0) is 17.1. The summed E-state index contributed by atoms with van der Waals surface area (Å²) in [5, 5.41) is 6.86. The van der Waals surface area contributed by atoms with E-state index in [1.807, 2.05) is 24.3 Å². The summed E-state index contributed by atoms with van der Waals surface area (Å²) >= 11 is 0. The van der Waals surface area contributed by atoms with Gasteiger partial charge in [0.05, 0.1) is 18.5 Å². The second-order valence-corrected chi connectivity index (χ2v) is 6.53. The van der Waals surface area contributed by atoms with E-state index in [1.165, 1.54) is 0 Å². The largest absolute Gasteiger partial charge is 0.467 e. The predicted octanol–water partition coefficient (Wildman–Crippen LogP) is 1.71. The molecule has 0 aliphatic carbocycles. The van der Waals surface area contributed by atoms with E-state index in [1.54, 1.807) is 18.5 Å². The predicted molar refractivity (Wildman–Crippen MR) is 90.6 cm³/mol. The van der Waals surface area contributed by atoms with Crippen molar-refractivity contribution < 1.29 is 14.0 Å². The van der Waals surface area contributed by atoms with Gasteiger partial charge in [-0.2, -0.15) is 0 Å². The van der Waals surface area contributed by atoms with Crippen LogP contribution in [0, 0.1) is 0 Å². The van der Waals surface area contributed by atoms with Crippen molar-refractivity contribution in [2.24, 2.45) is 5.16 Å². The Kier molecular flexibility index (Phi) is 4.23. The highest BCUT2D eigenvalue weighted by atomic mass is 16.7. The number of furan rings is 1. The van der Waals surface area contributed by atoms with Crippen LogP contribution in [0.5, 0.6) is 0 Å². The van der Waals surface area contributed by atoms with Gasteiger partial charge in [-0.1, -0.05) is 11.2 Å². The molecule has 2 aromatic rings. The van der Waals surface area contributed by atoms with Crippen LogP contribution in [-0.2, 0) is 22.7 Å². The van der Waals surface area contributed by atoms with Crippen LogP contribution >= 0.6 is 0 Å². The molecule has 0 saturated carbocycles. The summed E-state index contributed by atoms with van der Waals surface area (Å²) in [6, 6.07) is 9.54. The number of amides is 1. The third kappa shape index (κ3) is 3.56. The second-order valence-electron chi connectivity index (χ2n) is 6.53. The first kappa shape index (κ1) is 15.8. The van der Waals surface area contributed by atoms with Gasteiger partial charge >= 0.3 is 0 Å². The number of oxime groups is 1. The fraction of sp³-hybridized carbons (Fsp3) is 0.389. The number of nitrogens with zero attached hydrogens (tertiary/aromatic N) is 3. The Morgan fingerprint density at radius 2 is 2.28 bits per heavy atom. The third-order valence-corrected chi connectivity index (χ3v) is 4.61. The zero-order valence-corrected chi connectivity index (χ0v) is 13.9. The van der Waals surface area contributed by atoms with Gasteiger partial charge in [-0.3, -0.25) is 14.7 Å². The average molecular weight is 340 g/mol. The minimum absolute atomic E-state index is 0.198. The molecular weight excluding hydrogens is 320 g/mol. The molecule has 7 nitrogen and oxygen atoms in total. The Hall–Kier alpha value is -2.67. The molecule has 0 radical (unpaired) electrons. The van der Waals surface area contributed by atoms with Crippen LogP contribution in [0.25, 0.3) is 0 Å². The van der Waals surface area contributed by atoms with Gasteiger partial charge in [-0.15, -0.1) is 0 Å². The molecule has 2 aromatic heterocycles. The minimum Gasteiger partial charge on any atom is -0.467 e. The molecule has 2 aliphatic rings. The molecule has 0 aromatic carbocycles. The number of hydrogen-bond acceptors (Lipinski definition) is 6. The lowest BCUT2D eigenvalue weighted by atomic mass is 9.96. The summed E-state index contributed by atoms with van der Waals surface area (Å²) in [6.45, 7) is 2.80. The van der Waals surface area contributed by atoms with Crippen LogP contribution in [0.4, 0.5) is 0 Å². The Balaban J connectivity index is 1.30. The van der Waals surface area contributed by atoms with Gasteiger partial charge < -0.3 is 14.6 Å². The maximum Gasteiger partial charge on any atom is 0.269 e. The van der Waals surface area contributed by atoms with Gasteiger partial charge in [0, 0.05) is 38.7 Å². The molecule has 2 aliphatic heterocycles. The summed E-state index contributed by atoms with van der Waals surface area (Å²) in [6.07, 6.45) is 4.78. The molecule has 25 heavy (non-hydrogen) atoms. The van der Waals surface area contributed by atoms with E-state index in [4.69, 9.17) is 9.25 Å². The first-order valence-electron chi connectivity index (χ1n) is 8.40. The van der Waals surface area contributed by atoms with Gasteiger partial charge in [0.1, 0.15) is 11.5 Å². The highest BCUT2D eigenvalue weighted by molar-refractivity contribution is 6.39. The lowest BCUT2D eigenvalue weighted by Crippen LogP contribution is -2.36. The quantitative estimate of drug-likeness (QED) is 0.896.